The normalized spacial score (nSPS) is 29.6. The van der Waals surface area contributed by atoms with Crippen molar-refractivity contribution >= 4 is 5.91 Å². The van der Waals surface area contributed by atoms with Crippen LogP contribution in [0.15, 0.2) is 0 Å². The summed E-state index contributed by atoms with van der Waals surface area (Å²) in [5.74, 6) is 0.730. The van der Waals surface area contributed by atoms with Crippen molar-refractivity contribution in [2.24, 2.45) is 17.3 Å². The van der Waals surface area contributed by atoms with Crippen molar-refractivity contribution in [3.63, 3.8) is 0 Å². The predicted molar refractivity (Wildman–Crippen MR) is 66.5 cm³/mol. The van der Waals surface area contributed by atoms with E-state index in [0.717, 1.165) is 39.0 Å². The van der Waals surface area contributed by atoms with Gasteiger partial charge in [0.15, 0.2) is 0 Å². The second-order valence-electron chi connectivity index (χ2n) is 6.11. The molecule has 2 heterocycles. The Bertz CT molecular complexity index is 285. The molecule has 2 fully saturated rings. The van der Waals surface area contributed by atoms with E-state index in [0.29, 0.717) is 5.91 Å². The molecule has 0 aromatic rings. The summed E-state index contributed by atoms with van der Waals surface area (Å²) in [6.45, 7) is 7.90. The number of aliphatic hydroxyl groups excluding tert-OH is 1. The van der Waals surface area contributed by atoms with Crippen LogP contribution in [0.1, 0.15) is 26.7 Å². The molecule has 0 aromatic carbocycles. The highest BCUT2D eigenvalue weighted by Crippen LogP contribution is 2.35. The number of carbonyl (C=O) groups is 1. The summed E-state index contributed by atoms with van der Waals surface area (Å²) >= 11 is 0. The number of nitrogens with one attached hydrogen (secondary N) is 1. The Morgan fingerprint density at radius 2 is 2.06 bits per heavy atom. The van der Waals surface area contributed by atoms with Crippen molar-refractivity contribution in [1.29, 1.82) is 0 Å². The lowest BCUT2D eigenvalue weighted by Gasteiger charge is -2.27. The maximum absolute atomic E-state index is 12.4. The number of hydrogen-bond acceptors (Lipinski definition) is 3. The zero-order valence-corrected chi connectivity index (χ0v) is 10.9. The Hall–Kier alpha value is -0.610. The van der Waals surface area contributed by atoms with Gasteiger partial charge in [0.1, 0.15) is 0 Å². The fourth-order valence-electron chi connectivity index (χ4n) is 3.00. The van der Waals surface area contributed by atoms with Gasteiger partial charge in [-0.15, -0.1) is 0 Å². The van der Waals surface area contributed by atoms with Gasteiger partial charge in [-0.1, -0.05) is 13.8 Å². The highest BCUT2D eigenvalue weighted by molar-refractivity contribution is 5.79. The van der Waals surface area contributed by atoms with Gasteiger partial charge in [-0.3, -0.25) is 4.79 Å². The molecule has 0 radical (unpaired) electrons. The summed E-state index contributed by atoms with van der Waals surface area (Å²) in [6, 6.07) is 0. The molecule has 0 bridgehead atoms. The third kappa shape index (κ3) is 2.63. The molecular weight excluding hydrogens is 216 g/mol. The molecule has 17 heavy (non-hydrogen) atoms. The summed E-state index contributed by atoms with van der Waals surface area (Å²) in [5.41, 5.74) is 0.0529. The zero-order chi connectivity index (χ0) is 12.5. The van der Waals surface area contributed by atoms with Gasteiger partial charge in [-0.25, -0.2) is 0 Å². The third-order valence-electron chi connectivity index (χ3n) is 4.36. The number of carbonyl (C=O) groups excluding carboxylic acids is 1. The predicted octanol–water partition coefficient (Wildman–Crippen LogP) is 0.463. The topological polar surface area (TPSA) is 52.6 Å². The molecule has 0 unspecified atom stereocenters. The van der Waals surface area contributed by atoms with E-state index < -0.39 is 0 Å². The van der Waals surface area contributed by atoms with Crippen molar-refractivity contribution in [3.05, 3.63) is 0 Å². The molecule has 0 saturated carbocycles. The van der Waals surface area contributed by atoms with E-state index in [4.69, 9.17) is 0 Å². The van der Waals surface area contributed by atoms with E-state index in [-0.39, 0.29) is 23.9 Å². The van der Waals surface area contributed by atoms with Gasteiger partial charge in [-0.05, 0) is 31.3 Å². The van der Waals surface area contributed by atoms with Gasteiger partial charge in [0, 0.05) is 31.5 Å². The van der Waals surface area contributed by atoms with Gasteiger partial charge in [0.2, 0.25) is 5.91 Å². The lowest BCUT2D eigenvalue weighted by Crippen LogP contribution is -2.40. The van der Waals surface area contributed by atoms with Crippen LogP contribution in [0.3, 0.4) is 0 Å². The van der Waals surface area contributed by atoms with Gasteiger partial charge in [-0.2, -0.15) is 0 Å². The van der Waals surface area contributed by atoms with Gasteiger partial charge < -0.3 is 15.3 Å². The standard InChI is InChI=1S/C13H24N2O2/c1-13(2)9-15(7-11(13)8-16)12(17)10-3-5-14-6-4-10/h10-11,14,16H,3-9H2,1-2H3/t11-/m0/s1. The van der Waals surface area contributed by atoms with Crippen LogP contribution in [-0.2, 0) is 4.79 Å². The summed E-state index contributed by atoms with van der Waals surface area (Å²) in [4.78, 5) is 14.3. The Balaban J connectivity index is 1.97. The molecule has 98 valence electrons. The molecule has 2 saturated heterocycles. The monoisotopic (exact) mass is 240 g/mol. The molecule has 2 rings (SSSR count). The number of nitrogens with zero attached hydrogens (tertiary/aromatic N) is 1. The quantitative estimate of drug-likeness (QED) is 0.737. The summed E-state index contributed by atoms with van der Waals surface area (Å²) in [6.07, 6.45) is 1.92. The minimum absolute atomic E-state index is 0.0529. The van der Waals surface area contributed by atoms with Crippen molar-refractivity contribution in [1.82, 2.24) is 10.2 Å². The summed E-state index contributed by atoms with van der Waals surface area (Å²) < 4.78 is 0. The van der Waals surface area contributed by atoms with Crippen molar-refractivity contribution < 1.29 is 9.90 Å². The van der Waals surface area contributed by atoms with Crippen LogP contribution in [0, 0.1) is 17.3 Å². The Morgan fingerprint density at radius 1 is 1.41 bits per heavy atom. The average Bonchev–Trinajstić information content (AvgIpc) is 2.64. The minimum atomic E-state index is 0.0529. The molecule has 0 aliphatic carbocycles. The van der Waals surface area contributed by atoms with Crippen LogP contribution >= 0.6 is 0 Å². The number of piperidine rings is 1. The van der Waals surface area contributed by atoms with E-state index in [1.54, 1.807) is 0 Å². The largest absolute Gasteiger partial charge is 0.396 e. The molecule has 0 spiro atoms. The Morgan fingerprint density at radius 3 is 2.59 bits per heavy atom. The SMILES string of the molecule is CC1(C)CN(C(=O)C2CCNCC2)C[C@H]1CO. The number of hydrogen-bond donors (Lipinski definition) is 2. The van der Waals surface area contributed by atoms with Gasteiger partial charge in [0.05, 0.1) is 0 Å². The molecule has 2 aliphatic heterocycles. The number of rotatable bonds is 2. The lowest BCUT2D eigenvalue weighted by molar-refractivity contribution is -0.135. The number of amides is 1. The van der Waals surface area contributed by atoms with E-state index in [2.05, 4.69) is 19.2 Å². The first-order valence-electron chi connectivity index (χ1n) is 6.65. The maximum atomic E-state index is 12.4. The smallest absolute Gasteiger partial charge is 0.225 e. The molecule has 1 atom stereocenters. The molecular formula is C13H24N2O2. The number of likely N-dealkylation sites (tertiary alicyclic amines) is 1. The first-order chi connectivity index (χ1) is 8.04. The van der Waals surface area contributed by atoms with E-state index >= 15 is 0 Å². The molecule has 2 aliphatic rings. The Labute approximate surface area is 103 Å². The van der Waals surface area contributed by atoms with Crippen molar-refractivity contribution in [2.45, 2.75) is 26.7 Å². The second-order valence-corrected chi connectivity index (χ2v) is 6.11. The first-order valence-corrected chi connectivity index (χ1v) is 6.65. The molecule has 4 heteroatoms. The molecule has 1 amide bonds. The van der Waals surface area contributed by atoms with Crippen molar-refractivity contribution in [2.75, 3.05) is 32.8 Å². The Kier molecular flexibility index (Phi) is 3.73. The molecule has 0 aromatic heterocycles. The van der Waals surface area contributed by atoms with E-state index in [1.807, 2.05) is 4.90 Å². The van der Waals surface area contributed by atoms with Crippen molar-refractivity contribution in [3.8, 4) is 0 Å². The maximum Gasteiger partial charge on any atom is 0.225 e. The van der Waals surface area contributed by atoms with Crippen LogP contribution in [0.4, 0.5) is 0 Å². The fourth-order valence-corrected chi connectivity index (χ4v) is 3.00. The van der Waals surface area contributed by atoms with Crippen LogP contribution in [0.25, 0.3) is 0 Å². The van der Waals surface area contributed by atoms with E-state index in [1.165, 1.54) is 0 Å². The summed E-state index contributed by atoms with van der Waals surface area (Å²) in [7, 11) is 0. The number of aliphatic hydroxyl groups is 1. The minimum Gasteiger partial charge on any atom is -0.396 e. The first kappa shape index (κ1) is 12.8. The van der Waals surface area contributed by atoms with Gasteiger partial charge in [0.25, 0.3) is 0 Å². The highest BCUT2D eigenvalue weighted by atomic mass is 16.3. The second kappa shape index (κ2) is 4.94. The van der Waals surface area contributed by atoms with Crippen LogP contribution in [0.5, 0.6) is 0 Å². The molecule has 2 N–H and O–H groups in total. The van der Waals surface area contributed by atoms with E-state index in [9.17, 15) is 9.90 Å². The van der Waals surface area contributed by atoms with Crippen LogP contribution in [-0.4, -0.2) is 48.7 Å². The average molecular weight is 240 g/mol. The zero-order valence-electron chi connectivity index (χ0n) is 10.9. The van der Waals surface area contributed by atoms with Crippen LogP contribution in [0.2, 0.25) is 0 Å². The fraction of sp³-hybridized carbons (Fsp3) is 0.923. The lowest BCUT2D eigenvalue weighted by atomic mass is 9.83. The molecule has 4 nitrogen and oxygen atoms in total. The van der Waals surface area contributed by atoms with Crippen LogP contribution < -0.4 is 5.32 Å². The highest BCUT2D eigenvalue weighted by Gasteiger charge is 2.42. The van der Waals surface area contributed by atoms with Gasteiger partial charge >= 0.3 is 0 Å². The summed E-state index contributed by atoms with van der Waals surface area (Å²) in [5, 5.41) is 12.6. The third-order valence-corrected chi connectivity index (χ3v) is 4.36.